The van der Waals surface area contributed by atoms with Crippen LogP contribution in [0.4, 0.5) is 5.82 Å². The quantitative estimate of drug-likeness (QED) is 0.814. The van der Waals surface area contributed by atoms with Gasteiger partial charge in [0.05, 0.1) is 18.8 Å². The van der Waals surface area contributed by atoms with Gasteiger partial charge in [-0.2, -0.15) is 0 Å². The molecule has 148 valence electrons. The minimum atomic E-state index is 0.0881. The summed E-state index contributed by atoms with van der Waals surface area (Å²) in [5.74, 6) is 0.878. The third kappa shape index (κ3) is 4.18. The molecule has 0 radical (unpaired) electrons. The Morgan fingerprint density at radius 1 is 1.00 bits per heavy atom. The van der Waals surface area contributed by atoms with Gasteiger partial charge in [-0.3, -0.25) is 9.69 Å². The van der Waals surface area contributed by atoms with Crippen molar-refractivity contribution < 1.29 is 9.53 Å². The highest BCUT2D eigenvalue weighted by atomic mass is 16.5. The summed E-state index contributed by atoms with van der Waals surface area (Å²) >= 11 is 0. The van der Waals surface area contributed by atoms with E-state index in [1.807, 2.05) is 17.0 Å². The molecule has 0 atom stereocenters. The Morgan fingerprint density at radius 3 is 2.50 bits per heavy atom. The summed E-state index contributed by atoms with van der Waals surface area (Å²) in [5.41, 5.74) is 3.40. The highest BCUT2D eigenvalue weighted by Crippen LogP contribution is 2.21. The number of carbonyl (C=O) groups is 1. The van der Waals surface area contributed by atoms with E-state index in [9.17, 15) is 4.79 Å². The van der Waals surface area contributed by atoms with E-state index in [4.69, 9.17) is 4.74 Å². The molecule has 0 aliphatic carbocycles. The third-order valence-corrected chi connectivity index (χ3v) is 5.64. The number of aryl methyl sites for hydroxylation is 1. The van der Waals surface area contributed by atoms with E-state index in [0.29, 0.717) is 18.8 Å². The molecule has 6 nitrogen and oxygen atoms in total. The van der Waals surface area contributed by atoms with Crippen molar-refractivity contribution in [3.63, 3.8) is 0 Å². The molecule has 6 heteroatoms. The van der Waals surface area contributed by atoms with Gasteiger partial charge in [-0.05, 0) is 30.2 Å². The van der Waals surface area contributed by atoms with Gasteiger partial charge in [0.1, 0.15) is 5.82 Å². The number of nitrogens with zero attached hydrogens (tertiary/aromatic N) is 4. The Balaban J connectivity index is 1.40. The molecule has 2 aliphatic rings. The van der Waals surface area contributed by atoms with Crippen LogP contribution in [0.1, 0.15) is 21.5 Å². The molecule has 2 fully saturated rings. The van der Waals surface area contributed by atoms with E-state index >= 15 is 0 Å². The fraction of sp³-hybridized carbons (Fsp3) is 0.455. The zero-order valence-electron chi connectivity index (χ0n) is 16.5. The van der Waals surface area contributed by atoms with E-state index < -0.39 is 0 Å². The molecular weight excluding hydrogens is 352 g/mol. The first kappa shape index (κ1) is 18.9. The first-order valence-electron chi connectivity index (χ1n) is 10.1. The lowest BCUT2D eigenvalue weighted by Crippen LogP contribution is -2.48. The normalized spacial score (nSPS) is 18.3. The van der Waals surface area contributed by atoms with Crippen LogP contribution in [0.2, 0.25) is 0 Å². The number of rotatable bonds is 4. The Hall–Kier alpha value is -2.44. The molecule has 0 bridgehead atoms. The largest absolute Gasteiger partial charge is 0.378 e. The first-order valence-corrected chi connectivity index (χ1v) is 10.1. The number of carbonyl (C=O) groups excluding carboxylic acids is 1. The van der Waals surface area contributed by atoms with Gasteiger partial charge in [0.25, 0.3) is 5.91 Å². The van der Waals surface area contributed by atoms with E-state index in [0.717, 1.165) is 51.6 Å². The fourth-order valence-corrected chi connectivity index (χ4v) is 3.90. The molecule has 0 spiro atoms. The first-order chi connectivity index (χ1) is 13.7. The van der Waals surface area contributed by atoms with Crippen molar-refractivity contribution in [2.24, 2.45) is 0 Å². The van der Waals surface area contributed by atoms with Crippen LogP contribution in [-0.2, 0) is 11.3 Å². The van der Waals surface area contributed by atoms with E-state index in [1.54, 1.807) is 6.20 Å². The van der Waals surface area contributed by atoms with Crippen LogP contribution in [0.3, 0.4) is 0 Å². The number of amides is 1. The van der Waals surface area contributed by atoms with Crippen molar-refractivity contribution in [3.8, 4) is 0 Å². The number of morpholine rings is 1. The lowest BCUT2D eigenvalue weighted by atomic mass is 10.1. The topological polar surface area (TPSA) is 48.9 Å². The predicted octanol–water partition coefficient (Wildman–Crippen LogP) is 2.18. The van der Waals surface area contributed by atoms with E-state index in [2.05, 4.69) is 46.0 Å². The van der Waals surface area contributed by atoms with Gasteiger partial charge in [-0.1, -0.05) is 24.3 Å². The van der Waals surface area contributed by atoms with Gasteiger partial charge < -0.3 is 14.5 Å². The molecule has 1 aromatic heterocycles. The molecule has 2 saturated heterocycles. The summed E-state index contributed by atoms with van der Waals surface area (Å²) in [6.07, 6.45) is 1.77. The number of piperazine rings is 1. The molecule has 2 aromatic rings. The van der Waals surface area contributed by atoms with Crippen molar-refractivity contribution in [2.75, 3.05) is 57.4 Å². The molecule has 0 saturated carbocycles. The smallest absolute Gasteiger partial charge is 0.257 e. The molecular formula is C22H28N4O2. The zero-order valence-corrected chi connectivity index (χ0v) is 16.5. The van der Waals surface area contributed by atoms with Crippen LogP contribution in [-0.4, -0.2) is 73.2 Å². The van der Waals surface area contributed by atoms with Crippen LogP contribution >= 0.6 is 0 Å². The fourth-order valence-electron chi connectivity index (χ4n) is 3.90. The second-order valence-corrected chi connectivity index (χ2v) is 7.47. The molecule has 2 aliphatic heterocycles. The van der Waals surface area contributed by atoms with Gasteiger partial charge >= 0.3 is 0 Å². The number of hydrogen-bond donors (Lipinski definition) is 0. The van der Waals surface area contributed by atoms with Crippen LogP contribution < -0.4 is 4.90 Å². The average molecular weight is 380 g/mol. The number of hydrogen-bond acceptors (Lipinski definition) is 5. The summed E-state index contributed by atoms with van der Waals surface area (Å²) in [6, 6.07) is 12.3. The molecule has 1 amide bonds. The maximum atomic E-state index is 13.2. The summed E-state index contributed by atoms with van der Waals surface area (Å²) < 4.78 is 5.44. The van der Waals surface area contributed by atoms with Gasteiger partial charge in [0.15, 0.2) is 0 Å². The number of ether oxygens (including phenoxy) is 1. The standard InChI is InChI=1S/C22H28N4O2/c1-18-5-2-3-6-19(18)17-24-9-11-26(12-10-24)22(27)20-7-4-8-23-21(20)25-13-15-28-16-14-25/h2-8H,9-17H2,1H3. The monoisotopic (exact) mass is 380 g/mol. The number of pyridine rings is 1. The summed E-state index contributed by atoms with van der Waals surface area (Å²) in [7, 11) is 0. The second kappa shape index (κ2) is 8.71. The molecule has 0 unspecified atom stereocenters. The molecule has 1 aromatic carbocycles. The number of anilines is 1. The Bertz CT molecular complexity index is 812. The Morgan fingerprint density at radius 2 is 1.75 bits per heavy atom. The van der Waals surface area contributed by atoms with Crippen LogP contribution in [0.5, 0.6) is 0 Å². The summed E-state index contributed by atoms with van der Waals surface area (Å²) in [4.78, 5) is 24.3. The summed E-state index contributed by atoms with van der Waals surface area (Å²) in [6.45, 7) is 9.32. The Kier molecular flexibility index (Phi) is 5.88. The SMILES string of the molecule is Cc1ccccc1CN1CCN(C(=O)c2cccnc2N2CCOCC2)CC1. The molecule has 4 rings (SSSR count). The maximum Gasteiger partial charge on any atom is 0.257 e. The lowest BCUT2D eigenvalue weighted by Gasteiger charge is -2.36. The zero-order chi connectivity index (χ0) is 19.3. The Labute approximate surface area is 166 Å². The number of benzene rings is 1. The third-order valence-electron chi connectivity index (χ3n) is 5.64. The van der Waals surface area contributed by atoms with E-state index in [-0.39, 0.29) is 5.91 Å². The average Bonchev–Trinajstić information content (AvgIpc) is 2.76. The lowest BCUT2D eigenvalue weighted by molar-refractivity contribution is 0.0627. The molecule has 0 N–H and O–H groups in total. The van der Waals surface area contributed by atoms with Crippen LogP contribution in [0.15, 0.2) is 42.6 Å². The van der Waals surface area contributed by atoms with E-state index in [1.165, 1.54) is 11.1 Å². The summed E-state index contributed by atoms with van der Waals surface area (Å²) in [5, 5.41) is 0. The minimum Gasteiger partial charge on any atom is -0.378 e. The van der Waals surface area contributed by atoms with Crippen molar-refractivity contribution in [2.45, 2.75) is 13.5 Å². The highest BCUT2D eigenvalue weighted by Gasteiger charge is 2.26. The van der Waals surface area contributed by atoms with Crippen molar-refractivity contribution in [1.29, 1.82) is 0 Å². The highest BCUT2D eigenvalue weighted by molar-refractivity contribution is 5.99. The van der Waals surface area contributed by atoms with Crippen molar-refractivity contribution >= 4 is 11.7 Å². The second-order valence-electron chi connectivity index (χ2n) is 7.47. The molecule has 28 heavy (non-hydrogen) atoms. The maximum absolute atomic E-state index is 13.2. The van der Waals surface area contributed by atoms with Gasteiger partial charge in [0, 0.05) is 52.0 Å². The van der Waals surface area contributed by atoms with Gasteiger partial charge in [-0.15, -0.1) is 0 Å². The van der Waals surface area contributed by atoms with Crippen molar-refractivity contribution in [3.05, 3.63) is 59.3 Å². The van der Waals surface area contributed by atoms with Gasteiger partial charge in [0.2, 0.25) is 0 Å². The minimum absolute atomic E-state index is 0.0881. The van der Waals surface area contributed by atoms with Crippen LogP contribution in [0.25, 0.3) is 0 Å². The van der Waals surface area contributed by atoms with Crippen molar-refractivity contribution in [1.82, 2.24) is 14.8 Å². The predicted molar refractivity (Wildman–Crippen MR) is 110 cm³/mol. The van der Waals surface area contributed by atoms with Gasteiger partial charge in [-0.25, -0.2) is 4.98 Å². The molecule has 3 heterocycles. The van der Waals surface area contributed by atoms with Crippen LogP contribution in [0, 0.1) is 6.92 Å². The number of aromatic nitrogens is 1.